The van der Waals surface area contributed by atoms with E-state index in [4.69, 9.17) is 0 Å². The highest BCUT2D eigenvalue weighted by molar-refractivity contribution is 5.98. The van der Waals surface area contributed by atoms with E-state index in [0.29, 0.717) is 23.8 Å². The Morgan fingerprint density at radius 1 is 1.10 bits per heavy atom. The summed E-state index contributed by atoms with van der Waals surface area (Å²) in [6, 6.07) is 20.2. The maximum absolute atomic E-state index is 13.3. The van der Waals surface area contributed by atoms with Crippen LogP contribution in [-0.4, -0.2) is 34.4 Å². The third-order valence-electron chi connectivity index (χ3n) is 7.02. The third kappa shape index (κ3) is 3.65. The zero-order valence-electron chi connectivity index (χ0n) is 17.7. The van der Waals surface area contributed by atoms with Crippen molar-refractivity contribution in [3.63, 3.8) is 0 Å². The fourth-order valence-electron chi connectivity index (χ4n) is 5.52. The maximum Gasteiger partial charge on any atom is 0.270 e. The Labute approximate surface area is 178 Å². The number of hydrogen-bond donors (Lipinski definition) is 2. The van der Waals surface area contributed by atoms with Crippen LogP contribution in [0.4, 0.5) is 0 Å². The SMILES string of the molecule is CCN(C(=O)c1cc2ccccc2[nH]1)C1CCC[C@@H](N[C@H]2CCc3ccccc32)C1. The molecule has 1 fully saturated rings. The van der Waals surface area contributed by atoms with Crippen molar-refractivity contribution in [3.8, 4) is 0 Å². The quantitative estimate of drug-likeness (QED) is 0.616. The molecule has 156 valence electrons. The van der Waals surface area contributed by atoms with Gasteiger partial charge in [0.1, 0.15) is 5.69 Å². The fourth-order valence-corrected chi connectivity index (χ4v) is 5.52. The lowest BCUT2D eigenvalue weighted by atomic mass is 9.89. The lowest BCUT2D eigenvalue weighted by Crippen LogP contribution is -2.47. The van der Waals surface area contributed by atoms with Gasteiger partial charge in [-0.05, 0) is 68.7 Å². The molecule has 1 aromatic heterocycles. The number of aromatic nitrogens is 1. The molecule has 0 saturated heterocycles. The monoisotopic (exact) mass is 401 g/mol. The molecule has 1 amide bonds. The summed E-state index contributed by atoms with van der Waals surface area (Å²) in [7, 11) is 0. The largest absolute Gasteiger partial charge is 0.351 e. The van der Waals surface area contributed by atoms with Crippen LogP contribution in [0.25, 0.3) is 10.9 Å². The number of amides is 1. The zero-order chi connectivity index (χ0) is 20.5. The average Bonchev–Trinajstić information content (AvgIpc) is 3.39. The van der Waals surface area contributed by atoms with Crippen LogP contribution in [0.2, 0.25) is 0 Å². The second-order valence-corrected chi connectivity index (χ2v) is 8.84. The van der Waals surface area contributed by atoms with Gasteiger partial charge in [-0.2, -0.15) is 0 Å². The summed E-state index contributed by atoms with van der Waals surface area (Å²) in [5.74, 6) is 0.130. The van der Waals surface area contributed by atoms with Crippen LogP contribution < -0.4 is 5.32 Å². The van der Waals surface area contributed by atoms with Gasteiger partial charge in [0.15, 0.2) is 0 Å². The number of carbonyl (C=O) groups is 1. The molecule has 1 heterocycles. The molecule has 2 aliphatic rings. The van der Waals surface area contributed by atoms with Crippen molar-refractivity contribution in [1.29, 1.82) is 0 Å². The zero-order valence-corrected chi connectivity index (χ0v) is 17.7. The van der Waals surface area contributed by atoms with Gasteiger partial charge in [0, 0.05) is 35.6 Å². The van der Waals surface area contributed by atoms with Crippen molar-refractivity contribution < 1.29 is 4.79 Å². The van der Waals surface area contributed by atoms with Crippen LogP contribution >= 0.6 is 0 Å². The molecule has 2 aromatic carbocycles. The standard InChI is InChI=1S/C26H31N3O/c1-2-29(26(30)25-16-19-9-4-6-13-23(19)28-25)21-11-7-10-20(17-21)27-24-15-14-18-8-3-5-12-22(18)24/h3-6,8-9,12-13,16,20-21,24,27-28H,2,7,10-11,14-15,17H2,1H3/t20-,21?,24+/m1/s1. The van der Waals surface area contributed by atoms with Crippen molar-refractivity contribution in [1.82, 2.24) is 15.2 Å². The number of para-hydroxylation sites is 1. The van der Waals surface area contributed by atoms with Crippen molar-refractivity contribution in [2.24, 2.45) is 0 Å². The number of rotatable bonds is 5. The number of nitrogens with zero attached hydrogens (tertiary/aromatic N) is 1. The van der Waals surface area contributed by atoms with E-state index < -0.39 is 0 Å². The Balaban J connectivity index is 1.29. The minimum atomic E-state index is 0.130. The van der Waals surface area contributed by atoms with E-state index in [0.717, 1.165) is 30.3 Å². The second-order valence-electron chi connectivity index (χ2n) is 8.84. The minimum absolute atomic E-state index is 0.130. The molecule has 0 aliphatic heterocycles. The first-order chi connectivity index (χ1) is 14.7. The molecule has 2 aliphatic carbocycles. The summed E-state index contributed by atoms with van der Waals surface area (Å²) in [5.41, 5.74) is 4.70. The van der Waals surface area contributed by atoms with E-state index >= 15 is 0 Å². The number of hydrogen-bond acceptors (Lipinski definition) is 2. The predicted octanol–water partition coefficient (Wildman–Crippen LogP) is 5.22. The molecular formula is C26H31N3O. The van der Waals surface area contributed by atoms with Crippen molar-refractivity contribution >= 4 is 16.8 Å². The van der Waals surface area contributed by atoms with Crippen LogP contribution in [0, 0.1) is 0 Å². The lowest BCUT2D eigenvalue weighted by Gasteiger charge is -2.38. The van der Waals surface area contributed by atoms with Crippen LogP contribution in [0.3, 0.4) is 0 Å². The molecular weight excluding hydrogens is 370 g/mol. The fraction of sp³-hybridized carbons (Fsp3) is 0.423. The molecule has 5 rings (SSSR count). The highest BCUT2D eigenvalue weighted by Crippen LogP contribution is 2.33. The summed E-state index contributed by atoms with van der Waals surface area (Å²) in [6.07, 6.45) is 6.87. The Bertz CT molecular complexity index is 1010. The van der Waals surface area contributed by atoms with Gasteiger partial charge in [0.05, 0.1) is 0 Å². The number of aromatic amines is 1. The topological polar surface area (TPSA) is 48.1 Å². The molecule has 0 radical (unpaired) electrons. The molecule has 1 unspecified atom stereocenters. The Kier molecular flexibility index (Phi) is 5.34. The molecule has 30 heavy (non-hydrogen) atoms. The molecule has 2 N–H and O–H groups in total. The number of carbonyl (C=O) groups excluding carboxylic acids is 1. The number of H-pyrrole nitrogens is 1. The van der Waals surface area contributed by atoms with Crippen molar-refractivity contribution in [2.75, 3.05) is 6.54 Å². The van der Waals surface area contributed by atoms with Gasteiger partial charge >= 0.3 is 0 Å². The van der Waals surface area contributed by atoms with Gasteiger partial charge in [-0.1, -0.05) is 42.5 Å². The molecule has 0 bridgehead atoms. The van der Waals surface area contributed by atoms with E-state index in [2.05, 4.69) is 52.5 Å². The minimum Gasteiger partial charge on any atom is -0.351 e. The van der Waals surface area contributed by atoms with E-state index in [1.165, 1.54) is 36.8 Å². The second kappa shape index (κ2) is 8.27. The van der Waals surface area contributed by atoms with Gasteiger partial charge in [0.25, 0.3) is 5.91 Å². The number of nitrogens with one attached hydrogen (secondary N) is 2. The van der Waals surface area contributed by atoms with Gasteiger partial charge < -0.3 is 15.2 Å². The highest BCUT2D eigenvalue weighted by atomic mass is 16.2. The highest BCUT2D eigenvalue weighted by Gasteiger charge is 2.32. The average molecular weight is 402 g/mol. The van der Waals surface area contributed by atoms with Gasteiger partial charge in [0.2, 0.25) is 0 Å². The Hall–Kier alpha value is -2.59. The molecule has 0 spiro atoms. The summed E-state index contributed by atoms with van der Waals surface area (Å²) < 4.78 is 0. The lowest BCUT2D eigenvalue weighted by molar-refractivity contribution is 0.0620. The van der Waals surface area contributed by atoms with Crippen molar-refractivity contribution in [3.05, 3.63) is 71.4 Å². The predicted molar refractivity (Wildman–Crippen MR) is 122 cm³/mol. The molecule has 4 heteroatoms. The van der Waals surface area contributed by atoms with Crippen LogP contribution in [-0.2, 0) is 6.42 Å². The Morgan fingerprint density at radius 2 is 1.93 bits per heavy atom. The van der Waals surface area contributed by atoms with E-state index in [-0.39, 0.29) is 5.91 Å². The van der Waals surface area contributed by atoms with E-state index in [1.807, 2.05) is 24.3 Å². The van der Waals surface area contributed by atoms with E-state index in [1.54, 1.807) is 0 Å². The van der Waals surface area contributed by atoms with Crippen LogP contribution in [0.15, 0.2) is 54.6 Å². The Morgan fingerprint density at radius 3 is 2.80 bits per heavy atom. The third-order valence-corrected chi connectivity index (χ3v) is 7.02. The number of fused-ring (bicyclic) bond motifs is 2. The smallest absolute Gasteiger partial charge is 0.270 e. The first-order valence-corrected chi connectivity index (χ1v) is 11.5. The summed E-state index contributed by atoms with van der Waals surface area (Å²) >= 11 is 0. The first-order valence-electron chi connectivity index (χ1n) is 11.5. The number of aryl methyl sites for hydroxylation is 1. The number of benzene rings is 2. The summed E-state index contributed by atoms with van der Waals surface area (Å²) in [5, 5.41) is 5.03. The normalized spacial score (nSPS) is 23.4. The van der Waals surface area contributed by atoms with Crippen LogP contribution in [0.1, 0.15) is 66.7 Å². The van der Waals surface area contributed by atoms with E-state index in [9.17, 15) is 4.79 Å². The summed E-state index contributed by atoms with van der Waals surface area (Å²) in [6.45, 7) is 2.85. The maximum atomic E-state index is 13.3. The van der Waals surface area contributed by atoms with Gasteiger partial charge in [-0.15, -0.1) is 0 Å². The first kappa shape index (κ1) is 19.4. The summed E-state index contributed by atoms with van der Waals surface area (Å²) in [4.78, 5) is 18.7. The molecule has 3 aromatic rings. The van der Waals surface area contributed by atoms with Gasteiger partial charge in [-0.3, -0.25) is 4.79 Å². The molecule has 3 atom stereocenters. The molecule has 1 saturated carbocycles. The van der Waals surface area contributed by atoms with Crippen LogP contribution in [0.5, 0.6) is 0 Å². The van der Waals surface area contributed by atoms with Gasteiger partial charge in [-0.25, -0.2) is 0 Å². The molecule has 4 nitrogen and oxygen atoms in total. The van der Waals surface area contributed by atoms with Crippen molar-refractivity contribution in [2.45, 2.75) is 63.6 Å².